The Morgan fingerprint density at radius 3 is 0.731 bits per heavy atom. The van der Waals surface area contributed by atoms with Gasteiger partial charge in [0.1, 0.15) is 19.3 Å². The first-order chi connectivity index (χ1) is 44.9. The van der Waals surface area contributed by atoms with Gasteiger partial charge in [0.15, 0.2) is 12.2 Å². The van der Waals surface area contributed by atoms with E-state index in [1.807, 2.05) is 0 Å². The number of phosphoric ester groups is 2. The maximum atomic E-state index is 13.1. The third-order valence-corrected chi connectivity index (χ3v) is 19.1. The highest BCUT2D eigenvalue weighted by atomic mass is 31.2. The van der Waals surface area contributed by atoms with Gasteiger partial charge in [-0.25, -0.2) is 9.13 Å². The molecule has 0 saturated carbocycles. The molecular formula is C74H144O17P2. The Labute approximate surface area is 568 Å². The molecule has 0 aromatic heterocycles. The summed E-state index contributed by atoms with van der Waals surface area (Å²) in [5.41, 5.74) is 0. The quantitative estimate of drug-likeness (QED) is 0.0222. The van der Waals surface area contributed by atoms with E-state index < -0.39 is 97.5 Å². The molecular weight excluding hydrogens is 1220 g/mol. The van der Waals surface area contributed by atoms with Crippen molar-refractivity contribution in [2.45, 2.75) is 400 Å². The Bertz CT molecular complexity index is 1800. The summed E-state index contributed by atoms with van der Waals surface area (Å²) in [6, 6.07) is 0. The van der Waals surface area contributed by atoms with E-state index in [4.69, 9.17) is 37.0 Å². The van der Waals surface area contributed by atoms with Crippen LogP contribution < -0.4 is 0 Å². The van der Waals surface area contributed by atoms with Gasteiger partial charge in [0.05, 0.1) is 26.4 Å². The lowest BCUT2D eigenvalue weighted by molar-refractivity contribution is -0.161. The maximum absolute atomic E-state index is 13.1. The Morgan fingerprint density at radius 2 is 0.495 bits per heavy atom. The number of esters is 4. The van der Waals surface area contributed by atoms with E-state index in [1.165, 1.54) is 199 Å². The average Bonchev–Trinajstić information content (AvgIpc) is 1.78. The molecule has 0 aliphatic rings. The lowest BCUT2D eigenvalue weighted by Gasteiger charge is -2.21. The molecule has 0 saturated heterocycles. The minimum Gasteiger partial charge on any atom is -0.462 e. The van der Waals surface area contributed by atoms with Gasteiger partial charge in [-0.05, 0) is 37.5 Å². The van der Waals surface area contributed by atoms with Crippen molar-refractivity contribution in [2.75, 3.05) is 39.6 Å². The van der Waals surface area contributed by atoms with Crippen LogP contribution in [0.3, 0.4) is 0 Å². The van der Waals surface area contributed by atoms with Gasteiger partial charge in [-0.1, -0.05) is 330 Å². The molecule has 17 nitrogen and oxygen atoms in total. The molecule has 0 amide bonds. The summed E-state index contributed by atoms with van der Waals surface area (Å²) >= 11 is 0. The summed E-state index contributed by atoms with van der Waals surface area (Å²) < 4.78 is 68.5. The summed E-state index contributed by atoms with van der Waals surface area (Å²) in [4.78, 5) is 72.7. The standard InChI is InChI=1S/C74H144O17P2/c1-7-9-11-13-15-17-19-21-26-34-40-46-52-58-73(78)90-69(62-84-71(76)56-50-44-38-32-24-18-16-14-12-10-8-2)64-88-92(80,81)86-60-68(75)61-87-93(82,83)89-65-70(63-85-72(77)57-51-45-39-33-29-28-31-37-43-49-55-67(5)6)91-74(79)59-53-47-41-35-27-23-20-22-25-30-36-42-48-54-66(3)4/h66-70,75H,7-65H2,1-6H3,(H,80,81)(H,82,83)/t68-,69+,70+/m0/s1. The lowest BCUT2D eigenvalue weighted by atomic mass is 10.0. The number of carbonyl (C=O) groups excluding carboxylic acids is 4. The molecule has 0 heterocycles. The second-order valence-electron chi connectivity index (χ2n) is 27.6. The number of unbranched alkanes of at least 4 members (excludes halogenated alkanes) is 43. The van der Waals surface area contributed by atoms with Crippen molar-refractivity contribution in [1.82, 2.24) is 0 Å². The summed E-state index contributed by atoms with van der Waals surface area (Å²) in [5, 5.41) is 10.6. The molecule has 0 fully saturated rings. The first kappa shape index (κ1) is 91.1. The smallest absolute Gasteiger partial charge is 0.462 e. The molecule has 3 N–H and O–H groups in total. The van der Waals surface area contributed by atoms with Gasteiger partial charge in [0, 0.05) is 25.7 Å². The fourth-order valence-electron chi connectivity index (χ4n) is 11.3. The molecule has 0 aromatic carbocycles. The zero-order chi connectivity index (χ0) is 68.6. The number of hydrogen-bond acceptors (Lipinski definition) is 15. The van der Waals surface area contributed by atoms with Gasteiger partial charge in [-0.3, -0.25) is 37.3 Å². The topological polar surface area (TPSA) is 237 Å². The number of rotatable bonds is 73. The second-order valence-corrected chi connectivity index (χ2v) is 30.5. The molecule has 19 heteroatoms. The van der Waals surface area contributed by atoms with Crippen molar-refractivity contribution < 1.29 is 80.2 Å². The van der Waals surface area contributed by atoms with E-state index >= 15 is 0 Å². The van der Waals surface area contributed by atoms with Crippen molar-refractivity contribution in [3.63, 3.8) is 0 Å². The van der Waals surface area contributed by atoms with Gasteiger partial charge < -0.3 is 33.8 Å². The zero-order valence-electron chi connectivity index (χ0n) is 60.6. The second kappa shape index (κ2) is 66.0. The van der Waals surface area contributed by atoms with E-state index in [9.17, 15) is 43.2 Å². The molecule has 0 aliphatic carbocycles. The first-order valence-electron chi connectivity index (χ1n) is 38.5. The number of aliphatic hydroxyl groups excluding tert-OH is 1. The third-order valence-electron chi connectivity index (χ3n) is 17.2. The molecule has 552 valence electrons. The molecule has 0 rings (SSSR count). The number of ether oxygens (including phenoxy) is 4. The van der Waals surface area contributed by atoms with Crippen molar-refractivity contribution in [3.8, 4) is 0 Å². The molecule has 93 heavy (non-hydrogen) atoms. The average molecular weight is 1370 g/mol. The zero-order valence-corrected chi connectivity index (χ0v) is 62.3. The maximum Gasteiger partial charge on any atom is 0.472 e. The minimum atomic E-state index is -4.96. The van der Waals surface area contributed by atoms with Crippen LogP contribution in [-0.2, 0) is 65.4 Å². The predicted molar refractivity (Wildman–Crippen MR) is 377 cm³/mol. The number of phosphoric acid groups is 2. The molecule has 2 unspecified atom stereocenters. The van der Waals surface area contributed by atoms with Gasteiger partial charge in [0.2, 0.25) is 0 Å². The van der Waals surface area contributed by atoms with Crippen LogP contribution in [0.4, 0.5) is 0 Å². The molecule has 0 spiro atoms. The predicted octanol–water partition coefficient (Wildman–Crippen LogP) is 21.6. The van der Waals surface area contributed by atoms with Crippen LogP contribution in [0.5, 0.6) is 0 Å². The highest BCUT2D eigenvalue weighted by molar-refractivity contribution is 7.47. The third kappa shape index (κ3) is 68.4. The lowest BCUT2D eigenvalue weighted by Crippen LogP contribution is -2.30. The van der Waals surface area contributed by atoms with Crippen molar-refractivity contribution in [1.29, 1.82) is 0 Å². The number of carbonyl (C=O) groups is 4. The van der Waals surface area contributed by atoms with Crippen molar-refractivity contribution in [2.24, 2.45) is 11.8 Å². The Hall–Kier alpha value is -1.94. The largest absolute Gasteiger partial charge is 0.472 e. The Balaban J connectivity index is 5.26. The van der Waals surface area contributed by atoms with Crippen LogP contribution >= 0.6 is 15.6 Å². The fraction of sp³-hybridized carbons (Fsp3) is 0.946. The van der Waals surface area contributed by atoms with Gasteiger partial charge >= 0.3 is 39.5 Å². The highest BCUT2D eigenvalue weighted by Gasteiger charge is 2.30. The van der Waals surface area contributed by atoms with E-state index in [0.717, 1.165) is 102 Å². The Morgan fingerprint density at radius 1 is 0.290 bits per heavy atom. The van der Waals surface area contributed by atoms with Gasteiger partial charge in [-0.15, -0.1) is 0 Å². The van der Waals surface area contributed by atoms with Crippen LogP contribution in [0.25, 0.3) is 0 Å². The molecule has 0 radical (unpaired) electrons. The monoisotopic (exact) mass is 1370 g/mol. The van der Waals surface area contributed by atoms with E-state index in [2.05, 4.69) is 41.5 Å². The van der Waals surface area contributed by atoms with Crippen LogP contribution in [0.2, 0.25) is 0 Å². The summed E-state index contributed by atoms with van der Waals surface area (Å²) in [5.74, 6) is -0.571. The van der Waals surface area contributed by atoms with Crippen LogP contribution in [0, 0.1) is 11.8 Å². The number of hydrogen-bond donors (Lipinski definition) is 3. The minimum absolute atomic E-state index is 0.107. The summed E-state index contributed by atoms with van der Waals surface area (Å²) in [6.07, 6.45) is 52.5. The number of aliphatic hydroxyl groups is 1. The van der Waals surface area contributed by atoms with E-state index in [1.54, 1.807) is 0 Å². The van der Waals surface area contributed by atoms with Crippen molar-refractivity contribution >= 4 is 39.5 Å². The van der Waals surface area contributed by atoms with Gasteiger partial charge in [0.25, 0.3) is 0 Å². The Kier molecular flexibility index (Phi) is 64.6. The molecule has 0 bridgehead atoms. The van der Waals surface area contributed by atoms with Crippen molar-refractivity contribution in [3.05, 3.63) is 0 Å². The van der Waals surface area contributed by atoms with E-state index in [0.29, 0.717) is 25.7 Å². The normalized spacial score (nSPS) is 14.1. The summed E-state index contributed by atoms with van der Waals surface area (Å²) in [7, 11) is -9.91. The van der Waals surface area contributed by atoms with Crippen LogP contribution in [0.15, 0.2) is 0 Å². The van der Waals surface area contributed by atoms with E-state index in [-0.39, 0.29) is 25.7 Å². The van der Waals surface area contributed by atoms with Crippen LogP contribution in [-0.4, -0.2) is 96.7 Å². The molecule has 5 atom stereocenters. The molecule has 0 aromatic rings. The highest BCUT2D eigenvalue weighted by Crippen LogP contribution is 2.45. The SMILES string of the molecule is CCCCCCCCCCCCCCCC(=O)O[C@H](COC(=O)CCCCCCCCCCCCC)COP(=O)(O)OC[C@H](O)COP(=O)(O)OC[C@@H](COC(=O)CCCCCCCCCCCCC(C)C)OC(=O)CCCCCCCCCCCCCCCC(C)C. The molecule has 0 aliphatic heterocycles. The first-order valence-corrected chi connectivity index (χ1v) is 41.5. The van der Waals surface area contributed by atoms with Crippen LogP contribution in [0.1, 0.15) is 382 Å². The van der Waals surface area contributed by atoms with Gasteiger partial charge in [-0.2, -0.15) is 0 Å². The fourth-order valence-corrected chi connectivity index (χ4v) is 12.9. The summed E-state index contributed by atoms with van der Waals surface area (Å²) in [6.45, 7) is 9.59.